The van der Waals surface area contributed by atoms with Gasteiger partial charge in [0.15, 0.2) is 5.84 Å². The van der Waals surface area contributed by atoms with E-state index in [1.54, 1.807) is 25.1 Å². The number of hydrogen-bond acceptors (Lipinski definition) is 21. The van der Waals surface area contributed by atoms with Gasteiger partial charge in [-0.1, -0.05) is 53.8 Å². The van der Waals surface area contributed by atoms with Crippen LogP contribution in [-0.2, 0) is 24.3 Å². The van der Waals surface area contributed by atoms with Crippen LogP contribution >= 0.6 is 43.5 Å². The van der Waals surface area contributed by atoms with Crippen LogP contribution in [0.4, 0.5) is 23.3 Å². The summed E-state index contributed by atoms with van der Waals surface area (Å²) in [6, 6.07) is 50.2. The number of aryl methyl sites for hydroxylation is 1. The number of carboxylic acid groups (broad SMARTS) is 1. The molecule has 5 aromatic carbocycles. The number of aromatic nitrogens is 7. The molecule has 23 nitrogen and oxygen atoms in total. The smallest absolute Gasteiger partial charge is 0.512 e. The zero-order chi connectivity index (χ0) is 63.4. The van der Waals surface area contributed by atoms with Crippen molar-refractivity contribution in [3.8, 4) is 17.5 Å². The summed E-state index contributed by atoms with van der Waals surface area (Å²) in [4.78, 5) is 34.9. The van der Waals surface area contributed by atoms with Crippen molar-refractivity contribution in [1.82, 2.24) is 35.1 Å². The minimum atomic E-state index is -0.833. The third-order valence-electron chi connectivity index (χ3n) is 10.7. The quantitative estimate of drug-likeness (QED) is 0.0141. The van der Waals surface area contributed by atoms with Crippen LogP contribution in [0.25, 0.3) is 65.9 Å². The van der Waals surface area contributed by atoms with Crippen molar-refractivity contribution in [2.24, 2.45) is 22.5 Å². The van der Waals surface area contributed by atoms with E-state index in [0.29, 0.717) is 28.0 Å². The van der Waals surface area contributed by atoms with Crippen molar-refractivity contribution in [2.45, 2.75) is 13.8 Å². The number of nitrogens with zero attached hydrogens (tertiary/aromatic N) is 11. The Morgan fingerprint density at radius 3 is 1.34 bits per heavy atom. The molecule has 0 aliphatic rings. The van der Waals surface area contributed by atoms with E-state index in [9.17, 15) is 0 Å². The number of nitriles is 1. The predicted molar refractivity (Wildman–Crippen MR) is 342 cm³/mol. The largest absolute Gasteiger partial charge is 2.00 e. The van der Waals surface area contributed by atoms with Crippen LogP contribution in [0.3, 0.4) is 0 Å². The molecule has 0 bridgehead atoms. The fourth-order valence-corrected chi connectivity index (χ4v) is 7.86. The Morgan fingerprint density at radius 2 is 0.942 bits per heavy atom. The number of carboxylic acids is 1. The van der Waals surface area contributed by atoms with E-state index in [2.05, 4.69) is 123 Å². The first-order valence-electron chi connectivity index (χ1n) is 24.5. The topological polar surface area (TPSA) is 391 Å². The van der Waals surface area contributed by atoms with E-state index in [4.69, 9.17) is 71.1 Å². The standard InChI is InChI=1S/C13H12N4O.C11H12N4O.C11H9N3.C10H9BrN2.C9H5BrClN.C2H4O2.CH5N.2CN.H3NO.Zn/c1-8-15-13(17-18-8)10-3-5-11-9(7-10)4-6-12(14-2)16-11;1-13-10-5-3-7-6-8(11(12)15-16)2-4-9(7)14-10;1-13-11-5-3-9-6-8(7-12)2-4-10(9)14-11;1-12-10-5-2-7-6-8(11)3-4-9(7)13-10;10-7-2-3-8-6(5-7)1-4-9(11)12-8;1-2(3)4;4*1-2;/h3-7H,1-2H3,(H,14,16);2-6,16H,1H3,(H2,12,15)(H,13,14);2-6H,1H3,(H,13,14);2-6H,1H3,(H,12,13);1-5H;1H3,(H,3,4);2H2,1H3;;;2H,1H2;/q;;;;;;;2*-1;;+2. The van der Waals surface area contributed by atoms with E-state index >= 15 is 0 Å². The predicted octanol–water partition coefficient (Wildman–Crippen LogP) is 12.0. The number of benzene rings is 5. The van der Waals surface area contributed by atoms with Gasteiger partial charge in [0.05, 0.1) is 39.2 Å². The van der Waals surface area contributed by atoms with Gasteiger partial charge in [0.25, 0.3) is 5.97 Å². The van der Waals surface area contributed by atoms with Crippen molar-refractivity contribution in [2.75, 3.05) is 56.5 Å². The summed E-state index contributed by atoms with van der Waals surface area (Å²) in [5.41, 5.74) is 16.9. The monoisotopic (exact) mass is 1360 g/mol. The number of pyridine rings is 5. The second-order valence-electron chi connectivity index (χ2n) is 16.1. The maximum Gasteiger partial charge on any atom is 2.00 e. The normalized spacial score (nSPS) is 9.51. The van der Waals surface area contributed by atoms with Crippen LogP contribution in [0.5, 0.6) is 0 Å². The molecule has 0 amide bonds. The van der Waals surface area contributed by atoms with Crippen LogP contribution in [0.2, 0.25) is 5.15 Å². The van der Waals surface area contributed by atoms with Gasteiger partial charge in [-0.25, -0.2) is 30.8 Å². The molecule has 0 unspecified atom stereocenters. The molecule has 11 aromatic rings. The van der Waals surface area contributed by atoms with E-state index < -0.39 is 5.97 Å². The molecule has 0 aliphatic heterocycles. The third-order valence-corrected chi connectivity index (χ3v) is 11.9. The van der Waals surface area contributed by atoms with E-state index in [0.717, 1.165) is 99.2 Å². The molecule has 0 saturated carbocycles. The van der Waals surface area contributed by atoms with Crippen LogP contribution in [0.15, 0.2) is 170 Å². The Hall–Kier alpha value is -9.55. The molecule has 0 saturated heterocycles. The van der Waals surface area contributed by atoms with Crippen molar-refractivity contribution in [3.05, 3.63) is 196 Å². The summed E-state index contributed by atoms with van der Waals surface area (Å²) < 4.78 is 7.12. The molecule has 0 spiro atoms. The van der Waals surface area contributed by atoms with E-state index in [1.165, 1.54) is 7.05 Å². The first-order valence-corrected chi connectivity index (χ1v) is 26.5. The first kappa shape index (κ1) is 74.5. The van der Waals surface area contributed by atoms with Crippen LogP contribution in [0, 0.1) is 41.9 Å². The van der Waals surface area contributed by atoms with Gasteiger partial charge in [0.1, 0.15) is 28.4 Å². The maximum atomic E-state index is 9.00. The maximum absolute atomic E-state index is 9.00. The molecule has 86 heavy (non-hydrogen) atoms. The number of halogens is 3. The molecule has 0 radical (unpaired) electrons. The minimum Gasteiger partial charge on any atom is -0.512 e. The second kappa shape index (κ2) is 40.6. The number of aliphatic carboxylic acids is 1. The zero-order valence-electron chi connectivity index (χ0n) is 47.6. The van der Waals surface area contributed by atoms with Crippen LogP contribution in [0.1, 0.15) is 23.9 Å². The Bertz CT molecular complexity index is 3970. The minimum absolute atomic E-state index is 0. The van der Waals surface area contributed by atoms with Crippen LogP contribution < -0.4 is 38.6 Å². The first-order chi connectivity index (χ1) is 41.1. The molecule has 6 aromatic heterocycles. The van der Waals surface area contributed by atoms with Crippen molar-refractivity contribution < 1.29 is 44.3 Å². The summed E-state index contributed by atoms with van der Waals surface area (Å²) in [7, 11) is 8.87. The SMILES string of the molecule is CC(=O)O.CN.CNc1ccc2cc(-c3noc(C)n3)ccc2n1.CNc1ccc2cc(Br)ccc2n1.CNc1ccc2cc(C#N)ccc2n1.CNc1ccc2cc(C(N)=NO)ccc2n1.Clc1ccc2cc(Br)ccc2n1.NO.[C-]#N.[C-]#N.[Zn+2]. The molecule has 438 valence electrons. The summed E-state index contributed by atoms with van der Waals surface area (Å²) in [6.07, 6.45) is 0. The molecule has 6 heterocycles. The van der Waals surface area contributed by atoms with Gasteiger partial charge in [-0.05, 0) is 159 Å². The average Bonchev–Trinajstić information content (AvgIpc) is 3.60. The van der Waals surface area contributed by atoms with Crippen molar-refractivity contribution >= 4 is 133 Å². The number of nitrogens with one attached hydrogen (secondary N) is 4. The zero-order valence-corrected chi connectivity index (χ0v) is 54.5. The number of carbonyl (C=O) groups is 1. The van der Waals surface area contributed by atoms with E-state index in [1.807, 2.05) is 150 Å². The average molecular weight is 1360 g/mol. The number of hydrogen-bond donors (Lipinski definition) is 10. The Labute approximate surface area is 531 Å². The van der Waals surface area contributed by atoms with Gasteiger partial charge in [-0.15, -0.1) is 0 Å². The number of nitrogens with two attached hydrogens (primary N) is 3. The van der Waals surface area contributed by atoms with Crippen molar-refractivity contribution in [1.29, 1.82) is 15.8 Å². The molecular formula is C59H59Br2ClN18O5Zn. The van der Waals surface area contributed by atoms with Crippen LogP contribution in [-0.4, -0.2) is 97.6 Å². The Morgan fingerprint density at radius 1 is 0.581 bits per heavy atom. The molecule has 0 atom stereocenters. The van der Waals surface area contributed by atoms with Gasteiger partial charge in [0.2, 0.25) is 11.7 Å². The molecule has 0 fully saturated rings. The molecule has 11 rings (SSSR count). The van der Waals surface area contributed by atoms with Crippen molar-refractivity contribution in [3.63, 3.8) is 0 Å². The fraction of sp³-hybridized carbons (Fsp3) is 0.119. The number of oxime groups is 1. The third kappa shape index (κ3) is 24.0. The Kier molecular flexibility index (Phi) is 35.2. The summed E-state index contributed by atoms with van der Waals surface area (Å²) >= 11 is 12.6. The van der Waals surface area contributed by atoms with Gasteiger partial charge in [-0.3, -0.25) is 4.79 Å². The number of anilines is 4. The molecule has 27 heteroatoms. The number of rotatable bonds is 6. The summed E-state index contributed by atoms with van der Waals surface area (Å²) in [5.74, 6) is 7.33. The van der Waals surface area contributed by atoms with Gasteiger partial charge in [-0.2, -0.15) is 10.2 Å². The second-order valence-corrected chi connectivity index (χ2v) is 18.3. The van der Waals surface area contributed by atoms with Gasteiger partial charge < -0.3 is 76.4 Å². The van der Waals surface area contributed by atoms with Gasteiger partial charge in [0, 0.05) is 89.0 Å². The summed E-state index contributed by atoms with van der Waals surface area (Å²) in [5, 5.41) is 68.3. The summed E-state index contributed by atoms with van der Waals surface area (Å²) in [6.45, 7) is 12.4. The number of fused-ring (bicyclic) bond motifs is 5. The van der Waals surface area contributed by atoms with Gasteiger partial charge >= 0.3 is 19.5 Å². The van der Waals surface area contributed by atoms with E-state index in [-0.39, 0.29) is 25.3 Å². The number of amidine groups is 1. The Balaban J connectivity index is 0.000000515. The molecule has 13 N–H and O–H groups in total. The molecule has 0 aliphatic carbocycles. The fourth-order valence-electron chi connectivity index (χ4n) is 6.94. The molecular weight excluding hydrogens is 1300 g/mol.